The summed E-state index contributed by atoms with van der Waals surface area (Å²) in [5.41, 5.74) is 0. The first-order chi connectivity index (χ1) is 16.9. The van der Waals surface area contributed by atoms with Crippen molar-refractivity contribution in [3.63, 3.8) is 0 Å². The van der Waals surface area contributed by atoms with Crippen LogP contribution in [0.25, 0.3) is 0 Å². The van der Waals surface area contributed by atoms with Crippen molar-refractivity contribution in [2.75, 3.05) is 40.0 Å². The number of esters is 1. The van der Waals surface area contributed by atoms with E-state index >= 15 is 0 Å². The van der Waals surface area contributed by atoms with Gasteiger partial charge in [-0.05, 0) is 55.0 Å². The first-order valence-corrected chi connectivity index (χ1v) is 13.4. The van der Waals surface area contributed by atoms with Gasteiger partial charge in [-0.3, -0.25) is 0 Å². The lowest BCUT2D eigenvalue weighted by Gasteiger charge is -2.32. The highest BCUT2D eigenvalue weighted by molar-refractivity contribution is 7.89. The van der Waals surface area contributed by atoms with E-state index in [1.165, 1.54) is 29.6 Å². The summed E-state index contributed by atoms with van der Waals surface area (Å²) in [5.74, 6) is 0.679. The van der Waals surface area contributed by atoms with Gasteiger partial charge in [-0.15, -0.1) is 0 Å². The number of ether oxygens (including phenoxy) is 4. The second-order valence-corrected chi connectivity index (χ2v) is 10.5. The van der Waals surface area contributed by atoms with E-state index in [1.54, 1.807) is 12.1 Å². The van der Waals surface area contributed by atoms with Crippen LogP contribution in [0, 0.1) is 11.8 Å². The van der Waals surface area contributed by atoms with Crippen LogP contribution >= 0.6 is 0 Å². The average molecular weight is 510 g/mol. The summed E-state index contributed by atoms with van der Waals surface area (Å²) in [4.78, 5) is 12.5. The molecule has 0 radical (unpaired) electrons. The second kappa shape index (κ2) is 13.1. The van der Waals surface area contributed by atoms with Gasteiger partial charge in [0.1, 0.15) is 12.4 Å². The van der Waals surface area contributed by atoms with Crippen molar-refractivity contribution in [1.82, 2.24) is 4.31 Å². The van der Waals surface area contributed by atoms with Crippen molar-refractivity contribution in [1.29, 1.82) is 0 Å². The molecule has 2 atom stereocenters. The van der Waals surface area contributed by atoms with Crippen LogP contribution in [-0.4, -0.2) is 70.1 Å². The highest BCUT2D eigenvalue weighted by Crippen LogP contribution is 2.38. The summed E-state index contributed by atoms with van der Waals surface area (Å²) < 4.78 is 49.2. The smallest absolute Gasteiger partial charge is 0.373 e. The number of carbonyl (C=O) groups excluding carboxylic acids is 1. The number of aliphatic hydroxyl groups is 1. The highest BCUT2D eigenvalue weighted by atomic mass is 32.2. The molecule has 0 aromatic heterocycles. The topological polar surface area (TPSA) is 112 Å². The Morgan fingerprint density at radius 1 is 1.23 bits per heavy atom. The molecule has 194 valence electrons. The largest absolute Gasteiger partial charge is 0.497 e. The lowest BCUT2D eigenvalue weighted by Crippen LogP contribution is -2.38. The van der Waals surface area contributed by atoms with Gasteiger partial charge in [0.25, 0.3) is 0 Å². The molecule has 1 aliphatic carbocycles. The number of allylic oxidation sites excluding steroid dienone is 1. The van der Waals surface area contributed by atoms with Crippen LogP contribution < -0.4 is 4.74 Å². The van der Waals surface area contributed by atoms with Crippen LogP contribution in [0.3, 0.4) is 0 Å². The lowest BCUT2D eigenvalue weighted by atomic mass is 9.86. The third kappa shape index (κ3) is 7.30. The van der Waals surface area contributed by atoms with Crippen LogP contribution in [-0.2, 0) is 29.0 Å². The van der Waals surface area contributed by atoms with Crippen molar-refractivity contribution in [2.45, 2.75) is 43.3 Å². The van der Waals surface area contributed by atoms with Crippen LogP contribution in [0.2, 0.25) is 0 Å². The summed E-state index contributed by atoms with van der Waals surface area (Å²) >= 11 is 0. The molecule has 0 amide bonds. The summed E-state index contributed by atoms with van der Waals surface area (Å²) in [6, 6.07) is 6.06. The molecular formula is C25H35NO8S. The lowest BCUT2D eigenvalue weighted by molar-refractivity contribution is -0.164. The molecule has 0 unspecified atom stereocenters. The number of methoxy groups -OCH3 is 1. The molecule has 9 nitrogen and oxygen atoms in total. The average Bonchev–Trinajstić information content (AvgIpc) is 3.42. The highest BCUT2D eigenvalue weighted by Gasteiger charge is 2.34. The number of hydrogen-bond donors (Lipinski definition) is 1. The Labute approximate surface area is 207 Å². The Balaban J connectivity index is 1.64. The predicted molar refractivity (Wildman–Crippen MR) is 129 cm³/mol. The molecule has 1 saturated carbocycles. The Morgan fingerprint density at radius 2 is 1.94 bits per heavy atom. The van der Waals surface area contributed by atoms with E-state index in [-0.39, 0.29) is 49.5 Å². The first kappa shape index (κ1) is 27.2. The molecule has 1 aromatic carbocycles. The normalized spacial score (nSPS) is 20.8. The fourth-order valence-electron chi connectivity index (χ4n) is 4.50. The monoisotopic (exact) mass is 509 g/mol. The van der Waals surface area contributed by atoms with Gasteiger partial charge in [0, 0.05) is 19.5 Å². The first-order valence-electron chi connectivity index (χ1n) is 11.9. The van der Waals surface area contributed by atoms with Crippen molar-refractivity contribution < 1.29 is 37.3 Å². The number of nitrogens with zero attached hydrogens (tertiary/aromatic N) is 1. The van der Waals surface area contributed by atoms with E-state index in [0.717, 1.165) is 25.7 Å². The zero-order valence-corrected chi connectivity index (χ0v) is 21.0. The van der Waals surface area contributed by atoms with E-state index in [9.17, 15) is 18.3 Å². The number of carbonyl (C=O) groups is 1. The minimum absolute atomic E-state index is 0.0167. The minimum Gasteiger partial charge on any atom is -0.497 e. The van der Waals surface area contributed by atoms with Gasteiger partial charge in [0.15, 0.2) is 0 Å². The van der Waals surface area contributed by atoms with Crippen LogP contribution in [0.1, 0.15) is 32.1 Å². The molecular weight excluding hydrogens is 474 g/mol. The number of aliphatic hydroxyl groups excluding tert-OH is 1. The van der Waals surface area contributed by atoms with Gasteiger partial charge in [-0.25, -0.2) is 13.2 Å². The maximum Gasteiger partial charge on any atom is 0.373 e. The Kier molecular flexibility index (Phi) is 10.1. The van der Waals surface area contributed by atoms with Crippen molar-refractivity contribution >= 4 is 16.0 Å². The van der Waals surface area contributed by atoms with Crippen LogP contribution in [0.5, 0.6) is 5.75 Å². The van der Waals surface area contributed by atoms with E-state index < -0.39 is 22.3 Å². The third-order valence-electron chi connectivity index (χ3n) is 6.32. The Bertz CT molecular complexity index is 970. The minimum atomic E-state index is -3.85. The zero-order chi connectivity index (χ0) is 25.3. The van der Waals surface area contributed by atoms with Gasteiger partial charge < -0.3 is 24.1 Å². The third-order valence-corrected chi connectivity index (χ3v) is 8.23. The fraction of sp³-hybridized carbons (Fsp3) is 0.560. The molecule has 3 rings (SSSR count). The van der Waals surface area contributed by atoms with E-state index in [2.05, 4.69) is 6.58 Å². The van der Waals surface area contributed by atoms with Crippen LogP contribution in [0.15, 0.2) is 53.7 Å². The van der Waals surface area contributed by atoms with Gasteiger partial charge >= 0.3 is 5.97 Å². The molecule has 1 heterocycles. The van der Waals surface area contributed by atoms with Gasteiger partial charge in [0.05, 0.1) is 25.2 Å². The molecule has 1 N–H and O–H groups in total. The molecule has 0 spiro atoms. The standard InChI is InChI=1S/C25H35NO8S/c1-3-15-33-25(28)23-17-20(19-6-4-5-7-19)18-24(34-23)32-16-13-26(12-14-27)35(29,30)22-10-8-21(31-2)9-11-22/h3,8-11,17,19-20,24,27H,1,4-7,12-16,18H2,2H3/t20-,24+/m0/s1. The van der Waals surface area contributed by atoms with E-state index in [1.807, 2.05) is 6.08 Å². The second-order valence-electron chi connectivity index (χ2n) is 8.58. The molecule has 0 bridgehead atoms. The van der Waals surface area contributed by atoms with Crippen molar-refractivity contribution in [3.05, 3.63) is 48.8 Å². The maximum absolute atomic E-state index is 13.1. The van der Waals surface area contributed by atoms with E-state index in [0.29, 0.717) is 18.1 Å². The Morgan fingerprint density at radius 3 is 2.57 bits per heavy atom. The quantitative estimate of drug-likeness (QED) is 0.319. The summed E-state index contributed by atoms with van der Waals surface area (Å²) in [5, 5.41) is 9.44. The molecule has 10 heteroatoms. The van der Waals surface area contributed by atoms with Crippen molar-refractivity contribution in [2.24, 2.45) is 11.8 Å². The molecule has 1 fully saturated rings. The molecule has 1 aliphatic heterocycles. The maximum atomic E-state index is 13.1. The Hall–Kier alpha value is -2.40. The zero-order valence-electron chi connectivity index (χ0n) is 20.1. The summed E-state index contributed by atoms with van der Waals surface area (Å²) in [6.07, 6.45) is 7.72. The van der Waals surface area contributed by atoms with E-state index in [4.69, 9.17) is 18.9 Å². The molecule has 0 saturated heterocycles. The summed E-state index contributed by atoms with van der Waals surface area (Å²) in [7, 11) is -2.34. The van der Waals surface area contributed by atoms with Gasteiger partial charge in [-0.1, -0.05) is 25.5 Å². The summed E-state index contributed by atoms with van der Waals surface area (Å²) in [6.45, 7) is 3.28. The van der Waals surface area contributed by atoms with Crippen molar-refractivity contribution in [3.8, 4) is 5.75 Å². The molecule has 35 heavy (non-hydrogen) atoms. The number of hydrogen-bond acceptors (Lipinski definition) is 8. The van der Waals surface area contributed by atoms with Gasteiger partial charge in [-0.2, -0.15) is 4.31 Å². The SMILES string of the molecule is C=CCOC(=O)C1=C[C@H](C2CCCC2)C[C@H](OCCN(CCO)S(=O)(=O)c2ccc(OC)cc2)O1. The predicted octanol–water partition coefficient (Wildman–Crippen LogP) is 2.86. The van der Waals surface area contributed by atoms with Crippen LogP contribution in [0.4, 0.5) is 0 Å². The number of sulfonamides is 1. The number of benzene rings is 1. The fourth-order valence-corrected chi connectivity index (χ4v) is 5.91. The number of rotatable bonds is 13. The van der Waals surface area contributed by atoms with Gasteiger partial charge in [0.2, 0.25) is 22.1 Å². The molecule has 1 aromatic rings. The molecule has 2 aliphatic rings.